The lowest BCUT2D eigenvalue weighted by Crippen LogP contribution is -2.41. The van der Waals surface area contributed by atoms with Gasteiger partial charge in [0, 0.05) is 13.2 Å². The summed E-state index contributed by atoms with van der Waals surface area (Å²) in [7, 11) is -0.393. The van der Waals surface area contributed by atoms with Crippen LogP contribution in [-0.4, -0.2) is 38.7 Å². The van der Waals surface area contributed by atoms with E-state index in [4.69, 9.17) is 18.6 Å². The minimum Gasteiger partial charge on any atom is -0.408 e. The quantitative estimate of drug-likeness (QED) is 0.720. The van der Waals surface area contributed by atoms with E-state index in [1.165, 1.54) is 0 Å². The Morgan fingerprint density at radius 3 is 2.11 bits per heavy atom. The van der Waals surface area contributed by atoms with Crippen LogP contribution in [0.2, 0.25) is 6.32 Å². The van der Waals surface area contributed by atoms with Crippen molar-refractivity contribution in [3.63, 3.8) is 0 Å². The molecule has 0 saturated carbocycles. The molecule has 2 aliphatic rings. The van der Waals surface area contributed by atoms with Gasteiger partial charge in [-0.15, -0.1) is 0 Å². The highest BCUT2D eigenvalue weighted by Gasteiger charge is 2.50. The molecule has 0 aromatic carbocycles. The highest BCUT2D eigenvalue weighted by Crippen LogP contribution is 2.37. The summed E-state index contributed by atoms with van der Waals surface area (Å²) in [6.45, 7) is 9.78. The van der Waals surface area contributed by atoms with Crippen molar-refractivity contribution in [2.24, 2.45) is 0 Å². The van der Waals surface area contributed by atoms with E-state index >= 15 is 0 Å². The lowest BCUT2D eigenvalue weighted by atomic mass is 9.80. The maximum Gasteiger partial charge on any atom is 0.485 e. The van der Waals surface area contributed by atoms with Crippen LogP contribution < -0.4 is 0 Å². The van der Waals surface area contributed by atoms with Crippen molar-refractivity contribution in [2.75, 3.05) is 13.2 Å². The molecular formula is C12H22B2O4. The van der Waals surface area contributed by atoms with Crippen molar-refractivity contribution in [1.82, 2.24) is 0 Å². The van der Waals surface area contributed by atoms with E-state index in [1.54, 1.807) is 0 Å². The third-order valence-corrected chi connectivity index (χ3v) is 3.78. The van der Waals surface area contributed by atoms with Gasteiger partial charge in [0.1, 0.15) is 0 Å². The van der Waals surface area contributed by atoms with Gasteiger partial charge in [-0.2, -0.15) is 0 Å². The van der Waals surface area contributed by atoms with E-state index in [2.05, 4.69) is 27.7 Å². The van der Waals surface area contributed by atoms with Crippen LogP contribution in [0.15, 0.2) is 12.1 Å². The van der Waals surface area contributed by atoms with Crippen molar-refractivity contribution in [3.8, 4) is 0 Å². The number of hydrogen-bond donors (Lipinski definition) is 0. The highest BCUT2D eigenvalue weighted by molar-refractivity contribution is 6.51. The lowest BCUT2D eigenvalue weighted by Gasteiger charge is -2.32. The molecular weight excluding hydrogens is 230 g/mol. The zero-order valence-corrected chi connectivity index (χ0v) is 11.8. The predicted octanol–water partition coefficient (Wildman–Crippen LogP) is 2.10. The molecule has 0 N–H and O–H groups in total. The summed E-state index contributed by atoms with van der Waals surface area (Å²) in [5, 5.41) is 0. The predicted molar refractivity (Wildman–Crippen MR) is 72.3 cm³/mol. The Bertz CT molecular complexity index is 295. The Kier molecular flexibility index (Phi) is 4.21. The molecule has 0 radical (unpaired) electrons. The summed E-state index contributed by atoms with van der Waals surface area (Å²) >= 11 is 0. The molecule has 100 valence electrons. The molecule has 2 saturated heterocycles. The van der Waals surface area contributed by atoms with Crippen molar-refractivity contribution < 1.29 is 18.6 Å². The second kappa shape index (κ2) is 5.37. The minimum absolute atomic E-state index is 0.185. The van der Waals surface area contributed by atoms with Crippen LogP contribution in [0.5, 0.6) is 0 Å². The van der Waals surface area contributed by atoms with E-state index in [9.17, 15) is 0 Å². The maximum atomic E-state index is 5.90. The maximum absolute atomic E-state index is 5.90. The molecule has 0 aliphatic carbocycles. The topological polar surface area (TPSA) is 36.9 Å². The fourth-order valence-electron chi connectivity index (χ4n) is 1.98. The number of allylic oxidation sites excluding steroid dienone is 1. The fourth-order valence-corrected chi connectivity index (χ4v) is 1.98. The summed E-state index contributed by atoms with van der Waals surface area (Å²) in [5.74, 6) is 1.93. The molecule has 0 aromatic rings. The van der Waals surface area contributed by atoms with Crippen LogP contribution in [0.25, 0.3) is 0 Å². The fraction of sp³-hybridized carbons (Fsp3) is 0.833. The third kappa shape index (κ3) is 3.18. The normalized spacial score (nSPS) is 27.1. The largest absolute Gasteiger partial charge is 0.485 e. The summed E-state index contributed by atoms with van der Waals surface area (Å²) in [5.41, 5.74) is -0.521. The van der Waals surface area contributed by atoms with Crippen LogP contribution >= 0.6 is 0 Å². The summed E-state index contributed by atoms with van der Waals surface area (Å²) in [4.78, 5) is 0. The third-order valence-electron chi connectivity index (χ3n) is 3.78. The van der Waals surface area contributed by atoms with Gasteiger partial charge in [-0.3, -0.25) is 0 Å². The summed E-state index contributed by atoms with van der Waals surface area (Å²) < 4.78 is 22.7. The van der Waals surface area contributed by atoms with Gasteiger partial charge >= 0.3 is 14.2 Å². The Balaban J connectivity index is 1.79. The molecule has 0 aromatic heterocycles. The molecule has 6 heteroatoms. The first kappa shape index (κ1) is 14.1. The van der Waals surface area contributed by atoms with Crippen LogP contribution in [-0.2, 0) is 18.6 Å². The molecule has 0 atom stereocenters. The zero-order valence-electron chi connectivity index (χ0n) is 11.8. The Morgan fingerprint density at radius 2 is 1.56 bits per heavy atom. The van der Waals surface area contributed by atoms with Gasteiger partial charge < -0.3 is 18.6 Å². The van der Waals surface area contributed by atoms with Gasteiger partial charge in [0.15, 0.2) is 0 Å². The standard InChI is InChI=1S/C12H22B2O4/c1-11(2)12(3,4)18-14(17-11)8-5-7-13-15-9-6-10-16-13/h5,7H,6,8-10H2,1-4H3/b7-5+. The van der Waals surface area contributed by atoms with Crippen molar-refractivity contribution in [2.45, 2.75) is 51.6 Å². The number of rotatable bonds is 3. The second-order valence-electron chi connectivity index (χ2n) is 5.81. The van der Waals surface area contributed by atoms with E-state index in [0.29, 0.717) is 0 Å². The Hall–Kier alpha value is -0.290. The van der Waals surface area contributed by atoms with E-state index < -0.39 is 0 Å². The van der Waals surface area contributed by atoms with Crippen LogP contribution in [0.4, 0.5) is 0 Å². The van der Waals surface area contributed by atoms with Gasteiger partial charge in [0.25, 0.3) is 0 Å². The van der Waals surface area contributed by atoms with E-state index in [0.717, 1.165) is 26.0 Å². The van der Waals surface area contributed by atoms with E-state index in [-0.39, 0.29) is 25.4 Å². The molecule has 18 heavy (non-hydrogen) atoms. The highest BCUT2D eigenvalue weighted by atomic mass is 16.7. The molecule has 2 rings (SSSR count). The van der Waals surface area contributed by atoms with Crippen molar-refractivity contribution in [3.05, 3.63) is 12.1 Å². The average Bonchev–Trinajstić information content (AvgIpc) is 2.49. The van der Waals surface area contributed by atoms with Crippen molar-refractivity contribution in [1.29, 1.82) is 0 Å². The van der Waals surface area contributed by atoms with Gasteiger partial charge in [-0.05, 0) is 40.4 Å². The van der Waals surface area contributed by atoms with Gasteiger partial charge in [-0.25, -0.2) is 0 Å². The first-order chi connectivity index (χ1) is 8.41. The summed E-state index contributed by atoms with van der Waals surface area (Å²) in [6, 6.07) is 0. The SMILES string of the molecule is CC1(C)OB(C/C=C/B2OCCCO2)OC1(C)C. The van der Waals surface area contributed by atoms with Crippen LogP contribution in [0.1, 0.15) is 34.1 Å². The average molecular weight is 252 g/mol. The first-order valence-corrected chi connectivity index (χ1v) is 6.66. The molecule has 2 heterocycles. The van der Waals surface area contributed by atoms with Gasteiger partial charge in [-0.1, -0.05) is 12.1 Å². The van der Waals surface area contributed by atoms with Crippen molar-refractivity contribution >= 4 is 14.2 Å². The number of hydrogen-bond acceptors (Lipinski definition) is 4. The lowest BCUT2D eigenvalue weighted by molar-refractivity contribution is 0.00578. The minimum atomic E-state index is -0.261. The van der Waals surface area contributed by atoms with Gasteiger partial charge in [0.2, 0.25) is 0 Å². The van der Waals surface area contributed by atoms with Crippen LogP contribution in [0, 0.1) is 0 Å². The molecule has 4 nitrogen and oxygen atoms in total. The zero-order chi connectivity index (χ0) is 13.2. The summed E-state index contributed by atoms with van der Waals surface area (Å²) in [6.07, 6.45) is 3.70. The second-order valence-corrected chi connectivity index (χ2v) is 5.81. The molecule has 0 spiro atoms. The van der Waals surface area contributed by atoms with E-state index in [1.807, 2.05) is 12.1 Å². The Morgan fingerprint density at radius 1 is 1.00 bits per heavy atom. The smallest absolute Gasteiger partial charge is 0.408 e. The first-order valence-electron chi connectivity index (χ1n) is 6.66. The monoisotopic (exact) mass is 252 g/mol. The van der Waals surface area contributed by atoms with Gasteiger partial charge in [0.05, 0.1) is 11.2 Å². The molecule has 0 amide bonds. The molecule has 0 unspecified atom stereocenters. The molecule has 2 fully saturated rings. The molecule has 0 bridgehead atoms. The van der Waals surface area contributed by atoms with Crippen LogP contribution in [0.3, 0.4) is 0 Å². The Labute approximate surface area is 110 Å². The molecule has 2 aliphatic heterocycles.